The van der Waals surface area contributed by atoms with Crippen molar-refractivity contribution < 1.29 is 9.84 Å². The lowest BCUT2D eigenvalue weighted by molar-refractivity contribution is 0.407. The number of hydrogen-bond acceptors (Lipinski definition) is 2. The Labute approximate surface area is 77.9 Å². The summed E-state index contributed by atoms with van der Waals surface area (Å²) in [6.07, 6.45) is 0. The van der Waals surface area contributed by atoms with E-state index < -0.39 is 0 Å². The predicted molar refractivity (Wildman–Crippen MR) is 47.4 cm³/mol. The Balaban J connectivity index is 3.25. The summed E-state index contributed by atoms with van der Waals surface area (Å²) in [7, 11) is 1.49. The topological polar surface area (TPSA) is 29.5 Å². The number of methoxy groups -OCH3 is 1. The average molecular weight is 237 g/mol. The van der Waals surface area contributed by atoms with Crippen LogP contribution in [0.1, 0.15) is 0 Å². The van der Waals surface area contributed by atoms with Gasteiger partial charge in [-0.05, 0) is 28.1 Å². The van der Waals surface area contributed by atoms with Crippen molar-refractivity contribution in [3.05, 3.63) is 21.6 Å². The largest absolute Gasteiger partial charge is 0.505 e. The molecule has 0 saturated heterocycles. The Morgan fingerprint density at radius 3 is 2.73 bits per heavy atom. The van der Waals surface area contributed by atoms with Gasteiger partial charge in [0.1, 0.15) is 10.8 Å². The van der Waals surface area contributed by atoms with E-state index in [1.54, 1.807) is 12.1 Å². The zero-order valence-corrected chi connectivity index (χ0v) is 8.11. The van der Waals surface area contributed by atoms with Crippen molar-refractivity contribution in [1.82, 2.24) is 0 Å². The summed E-state index contributed by atoms with van der Waals surface area (Å²) < 4.78 is 5.43. The van der Waals surface area contributed by atoms with Gasteiger partial charge in [-0.15, -0.1) is 0 Å². The van der Waals surface area contributed by atoms with E-state index in [-0.39, 0.29) is 10.8 Å². The summed E-state index contributed by atoms with van der Waals surface area (Å²) in [6, 6.07) is 3.34. The molecule has 0 aliphatic carbocycles. The first-order valence-corrected chi connectivity index (χ1v) is 4.05. The predicted octanol–water partition coefficient (Wildman–Crippen LogP) is 2.82. The third kappa shape index (κ3) is 1.60. The number of benzene rings is 1. The zero-order chi connectivity index (χ0) is 8.43. The second-order valence-electron chi connectivity index (χ2n) is 1.91. The molecule has 0 saturated carbocycles. The molecule has 0 atom stereocenters. The fourth-order valence-corrected chi connectivity index (χ4v) is 1.37. The van der Waals surface area contributed by atoms with Gasteiger partial charge in [0.25, 0.3) is 0 Å². The maximum Gasteiger partial charge on any atom is 0.152 e. The molecule has 4 heteroatoms. The van der Waals surface area contributed by atoms with Crippen LogP contribution in [0.5, 0.6) is 11.5 Å². The highest BCUT2D eigenvalue weighted by Crippen LogP contribution is 2.38. The molecule has 0 fully saturated rings. The standard InChI is InChI=1S/C7H6BrClO2/c1-11-5-3-2-4(8)7(10)6(5)9/h2-3,10H,1H3. The molecule has 1 rings (SSSR count). The molecule has 0 heterocycles. The van der Waals surface area contributed by atoms with Crippen LogP contribution in [0.3, 0.4) is 0 Å². The third-order valence-electron chi connectivity index (χ3n) is 1.25. The molecule has 0 aliphatic heterocycles. The number of phenols is 1. The van der Waals surface area contributed by atoms with Gasteiger partial charge < -0.3 is 9.84 Å². The molecule has 0 aromatic heterocycles. The second-order valence-corrected chi connectivity index (χ2v) is 3.14. The number of ether oxygens (including phenoxy) is 1. The highest BCUT2D eigenvalue weighted by atomic mass is 79.9. The lowest BCUT2D eigenvalue weighted by atomic mass is 10.3. The summed E-state index contributed by atoms with van der Waals surface area (Å²) in [5, 5.41) is 9.48. The van der Waals surface area contributed by atoms with Gasteiger partial charge in [0.2, 0.25) is 0 Å². The van der Waals surface area contributed by atoms with Gasteiger partial charge in [-0.2, -0.15) is 0 Å². The Bertz CT molecular complexity index is 275. The van der Waals surface area contributed by atoms with Crippen LogP contribution in [0.2, 0.25) is 5.02 Å². The highest BCUT2D eigenvalue weighted by molar-refractivity contribution is 9.10. The molecule has 0 spiro atoms. The Morgan fingerprint density at radius 2 is 2.18 bits per heavy atom. The van der Waals surface area contributed by atoms with Gasteiger partial charge in [0.05, 0.1) is 11.6 Å². The molecule has 0 bridgehead atoms. The van der Waals surface area contributed by atoms with Gasteiger partial charge in [0, 0.05) is 0 Å². The molecule has 1 N–H and O–H groups in total. The van der Waals surface area contributed by atoms with Crippen molar-refractivity contribution in [3.63, 3.8) is 0 Å². The number of hydrogen-bond donors (Lipinski definition) is 1. The molecule has 0 aliphatic rings. The molecule has 60 valence electrons. The number of halogens is 2. The minimum Gasteiger partial charge on any atom is -0.505 e. The van der Waals surface area contributed by atoms with E-state index in [1.807, 2.05) is 0 Å². The Morgan fingerprint density at radius 1 is 1.55 bits per heavy atom. The number of phenolic OH excluding ortho intramolecular Hbond substituents is 1. The molecule has 0 unspecified atom stereocenters. The fraction of sp³-hybridized carbons (Fsp3) is 0.143. The second kappa shape index (κ2) is 3.32. The van der Waals surface area contributed by atoms with E-state index in [4.69, 9.17) is 16.3 Å². The smallest absolute Gasteiger partial charge is 0.152 e. The van der Waals surface area contributed by atoms with Crippen molar-refractivity contribution in [2.45, 2.75) is 0 Å². The minimum absolute atomic E-state index is 0.00557. The summed E-state index contributed by atoms with van der Waals surface area (Å²) in [6.45, 7) is 0. The first-order chi connectivity index (χ1) is 5.16. The summed E-state index contributed by atoms with van der Waals surface area (Å²) >= 11 is 8.81. The summed E-state index contributed by atoms with van der Waals surface area (Å²) in [5.74, 6) is 0.471. The van der Waals surface area contributed by atoms with Crippen LogP contribution >= 0.6 is 27.5 Å². The van der Waals surface area contributed by atoms with Gasteiger partial charge in [-0.25, -0.2) is 0 Å². The molecular weight excluding hydrogens is 231 g/mol. The maximum absolute atomic E-state index is 9.26. The molecule has 2 nitrogen and oxygen atoms in total. The van der Waals surface area contributed by atoms with Crippen molar-refractivity contribution in [2.24, 2.45) is 0 Å². The molecule has 0 amide bonds. The zero-order valence-electron chi connectivity index (χ0n) is 5.77. The monoisotopic (exact) mass is 236 g/mol. The van der Waals surface area contributed by atoms with Crippen LogP contribution in [0.15, 0.2) is 16.6 Å². The summed E-state index contributed by atoms with van der Waals surface area (Å²) in [5.41, 5.74) is 0. The maximum atomic E-state index is 9.26. The van der Waals surface area contributed by atoms with Crippen LogP contribution in [0.4, 0.5) is 0 Å². The minimum atomic E-state index is 0.00557. The van der Waals surface area contributed by atoms with E-state index in [0.29, 0.717) is 10.2 Å². The van der Waals surface area contributed by atoms with Gasteiger partial charge in [-0.1, -0.05) is 11.6 Å². The Kier molecular flexibility index (Phi) is 2.62. The van der Waals surface area contributed by atoms with Crippen molar-refractivity contribution in [1.29, 1.82) is 0 Å². The Hall–Kier alpha value is -0.410. The van der Waals surface area contributed by atoms with E-state index in [1.165, 1.54) is 7.11 Å². The molecular formula is C7H6BrClO2. The van der Waals surface area contributed by atoms with E-state index >= 15 is 0 Å². The van der Waals surface area contributed by atoms with Crippen LogP contribution in [0.25, 0.3) is 0 Å². The van der Waals surface area contributed by atoms with Crippen LogP contribution in [-0.4, -0.2) is 12.2 Å². The van der Waals surface area contributed by atoms with Gasteiger partial charge in [-0.3, -0.25) is 0 Å². The van der Waals surface area contributed by atoms with E-state index in [9.17, 15) is 5.11 Å². The third-order valence-corrected chi connectivity index (χ3v) is 2.26. The lowest BCUT2D eigenvalue weighted by Crippen LogP contribution is -1.83. The van der Waals surface area contributed by atoms with Crippen LogP contribution < -0.4 is 4.74 Å². The van der Waals surface area contributed by atoms with Crippen LogP contribution in [-0.2, 0) is 0 Å². The van der Waals surface area contributed by atoms with Crippen molar-refractivity contribution in [3.8, 4) is 11.5 Å². The summed E-state index contributed by atoms with van der Waals surface area (Å²) in [4.78, 5) is 0. The molecule has 1 aromatic carbocycles. The fourth-order valence-electron chi connectivity index (χ4n) is 0.680. The molecule has 11 heavy (non-hydrogen) atoms. The average Bonchev–Trinajstić information content (AvgIpc) is 2.01. The van der Waals surface area contributed by atoms with E-state index in [0.717, 1.165) is 0 Å². The first-order valence-electron chi connectivity index (χ1n) is 2.87. The highest BCUT2D eigenvalue weighted by Gasteiger charge is 2.08. The first kappa shape index (κ1) is 8.68. The van der Waals surface area contributed by atoms with Crippen molar-refractivity contribution in [2.75, 3.05) is 7.11 Å². The van der Waals surface area contributed by atoms with Gasteiger partial charge in [0.15, 0.2) is 5.75 Å². The van der Waals surface area contributed by atoms with E-state index in [2.05, 4.69) is 15.9 Å². The van der Waals surface area contributed by atoms with Crippen LogP contribution in [0, 0.1) is 0 Å². The normalized spacial score (nSPS) is 9.73. The lowest BCUT2D eigenvalue weighted by Gasteiger charge is -2.04. The van der Waals surface area contributed by atoms with Gasteiger partial charge >= 0.3 is 0 Å². The quantitative estimate of drug-likeness (QED) is 0.814. The number of rotatable bonds is 1. The van der Waals surface area contributed by atoms with Crippen molar-refractivity contribution >= 4 is 27.5 Å². The molecule has 1 aromatic rings. The molecule has 0 radical (unpaired) electrons. The number of aromatic hydroxyl groups is 1. The SMILES string of the molecule is COc1ccc(Br)c(O)c1Cl.